The highest BCUT2D eigenvalue weighted by Gasteiger charge is 2.20. The lowest BCUT2D eigenvalue weighted by Gasteiger charge is -2.16. The molecule has 1 N–H and O–H groups in total. The molecule has 2 heterocycles. The van der Waals surface area contributed by atoms with E-state index in [2.05, 4.69) is 26.1 Å². The second-order valence-electron chi connectivity index (χ2n) is 4.95. The first-order chi connectivity index (χ1) is 10.3. The van der Waals surface area contributed by atoms with Crippen molar-refractivity contribution >= 4 is 27.8 Å². The number of carboxylic acids is 1. The van der Waals surface area contributed by atoms with E-state index in [1.165, 1.54) is 28.9 Å². The zero-order valence-corrected chi connectivity index (χ0v) is 14.0. The molecule has 22 heavy (non-hydrogen) atoms. The average Bonchev–Trinajstić information content (AvgIpc) is 3.07. The molecule has 0 spiro atoms. The second kappa shape index (κ2) is 6.30. The van der Waals surface area contributed by atoms with Gasteiger partial charge in [0.1, 0.15) is 6.04 Å². The maximum absolute atomic E-state index is 12.4. The molecule has 1 unspecified atom stereocenters. The number of aliphatic carboxylic acids is 1. The third-order valence-electron chi connectivity index (χ3n) is 3.35. The molecule has 2 aromatic rings. The first kappa shape index (κ1) is 16.2. The molecule has 0 saturated carbocycles. The number of hydrogen-bond donors (Lipinski definition) is 1. The number of aromatic nitrogens is 4. The lowest BCUT2D eigenvalue weighted by molar-refractivity contribution is -0.140. The zero-order chi connectivity index (χ0) is 16.4. The van der Waals surface area contributed by atoms with Crippen LogP contribution in [0.1, 0.15) is 29.0 Å². The maximum atomic E-state index is 12.4. The lowest BCUT2D eigenvalue weighted by atomic mass is 10.3. The summed E-state index contributed by atoms with van der Waals surface area (Å²) < 4.78 is 3.76. The molecule has 8 nitrogen and oxygen atoms in total. The van der Waals surface area contributed by atoms with E-state index in [9.17, 15) is 9.59 Å². The van der Waals surface area contributed by atoms with Crippen molar-refractivity contribution in [1.29, 1.82) is 0 Å². The number of hydrogen-bond acceptors (Lipinski definition) is 4. The molecule has 0 aliphatic carbocycles. The van der Waals surface area contributed by atoms with Crippen LogP contribution in [-0.4, -0.2) is 48.5 Å². The van der Waals surface area contributed by atoms with E-state index in [1.807, 2.05) is 0 Å². The summed E-state index contributed by atoms with van der Waals surface area (Å²) in [6.07, 6.45) is 4.48. The summed E-state index contributed by atoms with van der Waals surface area (Å²) in [5, 5.41) is 17.0. The molecule has 0 radical (unpaired) electrons. The monoisotopic (exact) mass is 369 g/mol. The highest BCUT2D eigenvalue weighted by molar-refractivity contribution is 9.10. The molecule has 1 amide bonds. The highest BCUT2D eigenvalue weighted by Crippen LogP contribution is 2.17. The summed E-state index contributed by atoms with van der Waals surface area (Å²) in [5.41, 5.74) is 1.20. The molecule has 1 atom stereocenters. The maximum Gasteiger partial charge on any atom is 0.328 e. The van der Waals surface area contributed by atoms with Crippen LogP contribution < -0.4 is 0 Å². The van der Waals surface area contributed by atoms with E-state index < -0.39 is 12.0 Å². The fourth-order valence-electron chi connectivity index (χ4n) is 1.90. The number of carbonyl (C=O) groups is 2. The molecule has 2 rings (SSSR count). The van der Waals surface area contributed by atoms with E-state index in [-0.39, 0.29) is 5.91 Å². The number of aryl methyl sites for hydroxylation is 1. The van der Waals surface area contributed by atoms with Crippen LogP contribution in [0.15, 0.2) is 23.1 Å². The number of amides is 1. The summed E-state index contributed by atoms with van der Waals surface area (Å²) in [6, 6.07) is -0.821. The van der Waals surface area contributed by atoms with Gasteiger partial charge in [0.2, 0.25) is 0 Å². The Labute approximate surface area is 135 Å². The van der Waals surface area contributed by atoms with Crippen molar-refractivity contribution in [3.05, 3.63) is 34.3 Å². The minimum absolute atomic E-state index is 0.239. The summed E-state index contributed by atoms with van der Waals surface area (Å²) >= 11 is 3.39. The Morgan fingerprint density at radius 1 is 1.41 bits per heavy atom. The topological polar surface area (TPSA) is 93.3 Å². The number of rotatable bonds is 5. The van der Waals surface area contributed by atoms with Crippen LogP contribution in [0, 0.1) is 0 Å². The number of nitrogens with zero attached hydrogens (tertiary/aromatic N) is 5. The van der Waals surface area contributed by atoms with E-state index in [4.69, 9.17) is 5.11 Å². The summed E-state index contributed by atoms with van der Waals surface area (Å²) in [7, 11) is 3.46. The van der Waals surface area contributed by atoms with Crippen LogP contribution in [0.5, 0.6) is 0 Å². The third-order valence-corrected chi connectivity index (χ3v) is 4.01. The number of carboxylic acid groups (broad SMARTS) is 1. The van der Waals surface area contributed by atoms with Gasteiger partial charge in [-0.25, -0.2) is 4.79 Å². The van der Waals surface area contributed by atoms with E-state index in [0.29, 0.717) is 12.1 Å². The average molecular weight is 370 g/mol. The molecule has 0 aromatic carbocycles. The fraction of sp³-hybridized carbons (Fsp3) is 0.385. The van der Waals surface area contributed by atoms with Crippen LogP contribution in [0.2, 0.25) is 0 Å². The Kier molecular flexibility index (Phi) is 4.65. The van der Waals surface area contributed by atoms with Gasteiger partial charge in [0.15, 0.2) is 0 Å². The second-order valence-corrected chi connectivity index (χ2v) is 5.80. The Balaban J connectivity index is 2.13. The molecule has 2 aromatic heterocycles. The molecule has 118 valence electrons. The minimum Gasteiger partial charge on any atom is -0.480 e. The Hall–Kier alpha value is -2.16. The van der Waals surface area contributed by atoms with Crippen LogP contribution in [0.4, 0.5) is 0 Å². The molecule has 0 fully saturated rings. The molecule has 0 aliphatic heterocycles. The lowest BCUT2D eigenvalue weighted by Crippen LogP contribution is -2.27. The smallest absolute Gasteiger partial charge is 0.328 e. The Morgan fingerprint density at radius 2 is 2.09 bits per heavy atom. The van der Waals surface area contributed by atoms with Gasteiger partial charge in [0.05, 0.1) is 34.7 Å². The van der Waals surface area contributed by atoms with Gasteiger partial charge < -0.3 is 10.0 Å². The molecular weight excluding hydrogens is 354 g/mol. The van der Waals surface area contributed by atoms with Gasteiger partial charge in [-0.1, -0.05) is 0 Å². The Bertz CT molecular complexity index is 689. The minimum atomic E-state index is -1.01. The molecule has 0 bridgehead atoms. The van der Waals surface area contributed by atoms with Crippen molar-refractivity contribution in [2.75, 3.05) is 7.05 Å². The molecule has 0 saturated heterocycles. The molecule has 0 aliphatic rings. The fourth-order valence-corrected chi connectivity index (χ4v) is 2.38. The van der Waals surface area contributed by atoms with Gasteiger partial charge in [0, 0.05) is 20.3 Å². The van der Waals surface area contributed by atoms with Crippen molar-refractivity contribution < 1.29 is 14.7 Å². The van der Waals surface area contributed by atoms with Gasteiger partial charge in [-0.2, -0.15) is 10.2 Å². The number of carbonyl (C=O) groups excluding carboxylic acids is 1. The quantitative estimate of drug-likeness (QED) is 0.856. The first-order valence-corrected chi connectivity index (χ1v) is 7.29. The van der Waals surface area contributed by atoms with Crippen LogP contribution in [-0.2, 0) is 18.4 Å². The third kappa shape index (κ3) is 3.19. The molecule has 9 heteroatoms. The van der Waals surface area contributed by atoms with Crippen LogP contribution in [0.3, 0.4) is 0 Å². The predicted octanol–water partition coefficient (Wildman–Crippen LogP) is 1.30. The van der Waals surface area contributed by atoms with Crippen molar-refractivity contribution in [1.82, 2.24) is 24.5 Å². The van der Waals surface area contributed by atoms with Crippen molar-refractivity contribution in [3.63, 3.8) is 0 Å². The summed E-state index contributed by atoms with van der Waals surface area (Å²) in [4.78, 5) is 24.8. The highest BCUT2D eigenvalue weighted by atomic mass is 79.9. The van der Waals surface area contributed by atoms with E-state index in [1.54, 1.807) is 25.0 Å². The van der Waals surface area contributed by atoms with Crippen molar-refractivity contribution in [2.24, 2.45) is 7.05 Å². The van der Waals surface area contributed by atoms with Gasteiger partial charge in [-0.15, -0.1) is 0 Å². The predicted molar refractivity (Wildman–Crippen MR) is 81.3 cm³/mol. The van der Waals surface area contributed by atoms with Gasteiger partial charge in [-0.3, -0.25) is 14.2 Å². The van der Waals surface area contributed by atoms with Gasteiger partial charge >= 0.3 is 5.97 Å². The first-order valence-electron chi connectivity index (χ1n) is 6.50. The normalized spacial score (nSPS) is 12.2. The largest absolute Gasteiger partial charge is 0.480 e. The molecular formula is C13H16BrN5O3. The number of halogens is 1. The zero-order valence-electron chi connectivity index (χ0n) is 12.4. The summed E-state index contributed by atoms with van der Waals surface area (Å²) in [6.45, 7) is 1.87. The van der Waals surface area contributed by atoms with E-state index in [0.717, 1.165) is 10.2 Å². The van der Waals surface area contributed by atoms with E-state index >= 15 is 0 Å². The van der Waals surface area contributed by atoms with Crippen LogP contribution >= 0.6 is 15.9 Å². The summed E-state index contributed by atoms with van der Waals surface area (Å²) in [5.74, 6) is -1.24. The SMILES string of the molecule is CC(C(=O)O)n1cc(C(=O)N(C)Cc2c(Br)cnn2C)cn1. The van der Waals surface area contributed by atoms with Crippen molar-refractivity contribution in [3.8, 4) is 0 Å². The standard InChI is InChI=1S/C13H16BrN5O3/c1-8(13(21)22)19-6-9(4-16-19)12(20)17(2)7-11-10(14)5-15-18(11)3/h4-6,8H,7H2,1-3H3,(H,21,22). The Morgan fingerprint density at radius 3 is 2.64 bits per heavy atom. The van der Waals surface area contributed by atoms with Crippen molar-refractivity contribution in [2.45, 2.75) is 19.5 Å². The van der Waals surface area contributed by atoms with Crippen LogP contribution in [0.25, 0.3) is 0 Å². The van der Waals surface area contributed by atoms with Gasteiger partial charge in [0.25, 0.3) is 5.91 Å². The van der Waals surface area contributed by atoms with Gasteiger partial charge in [-0.05, 0) is 22.9 Å².